The van der Waals surface area contributed by atoms with Crippen LogP contribution in [-0.2, 0) is 10.2 Å². The monoisotopic (exact) mass is 428 g/mol. The molecule has 164 valence electrons. The van der Waals surface area contributed by atoms with Gasteiger partial charge in [0.25, 0.3) is 11.6 Å². The lowest BCUT2D eigenvalue weighted by molar-refractivity contribution is -0.384. The lowest BCUT2D eigenvalue weighted by atomic mass is 9.86. The van der Waals surface area contributed by atoms with Crippen molar-refractivity contribution in [3.8, 4) is 0 Å². The van der Waals surface area contributed by atoms with Gasteiger partial charge in [0.15, 0.2) is 0 Å². The van der Waals surface area contributed by atoms with E-state index in [1.165, 1.54) is 17.7 Å². The molecule has 0 unspecified atom stereocenters. The lowest BCUT2D eigenvalue weighted by Gasteiger charge is -2.21. The standard InChI is InChI=1S/C27H28N2O3/c1-19(21-13-15-23(16-14-21)27(2,3)4)28-26(30)25(22-10-6-5-7-11-22)18-20-9-8-12-24(17-20)29(31)32/h5-19H,1-4H3,(H,28,30)/b25-18+/t19-/m0/s1. The van der Waals surface area contributed by atoms with E-state index in [-0.39, 0.29) is 23.1 Å². The minimum Gasteiger partial charge on any atom is -0.345 e. The smallest absolute Gasteiger partial charge is 0.270 e. The topological polar surface area (TPSA) is 72.2 Å². The third kappa shape index (κ3) is 5.70. The van der Waals surface area contributed by atoms with Gasteiger partial charge in [-0.3, -0.25) is 14.9 Å². The van der Waals surface area contributed by atoms with Crippen molar-refractivity contribution in [3.05, 3.63) is 111 Å². The number of hydrogen-bond donors (Lipinski definition) is 1. The average Bonchev–Trinajstić information content (AvgIpc) is 2.77. The molecule has 5 heteroatoms. The maximum absolute atomic E-state index is 13.3. The van der Waals surface area contributed by atoms with E-state index in [0.717, 1.165) is 11.1 Å². The van der Waals surface area contributed by atoms with E-state index in [0.29, 0.717) is 11.1 Å². The third-order valence-electron chi connectivity index (χ3n) is 5.35. The van der Waals surface area contributed by atoms with E-state index in [1.807, 2.05) is 49.4 Å². The summed E-state index contributed by atoms with van der Waals surface area (Å²) in [6, 6.07) is 23.6. The first kappa shape index (κ1) is 22.9. The molecule has 3 rings (SSSR count). The number of carbonyl (C=O) groups is 1. The number of nitro benzene ring substituents is 1. The molecule has 0 aliphatic rings. The van der Waals surface area contributed by atoms with Crippen LogP contribution in [0.5, 0.6) is 0 Å². The number of nitro groups is 1. The lowest BCUT2D eigenvalue weighted by Crippen LogP contribution is -2.27. The molecule has 1 atom stereocenters. The molecule has 0 aromatic heterocycles. The molecule has 0 saturated heterocycles. The van der Waals surface area contributed by atoms with Gasteiger partial charge in [0, 0.05) is 17.7 Å². The van der Waals surface area contributed by atoms with E-state index < -0.39 is 4.92 Å². The number of nitrogens with zero attached hydrogens (tertiary/aromatic N) is 1. The van der Waals surface area contributed by atoms with Crippen molar-refractivity contribution in [2.24, 2.45) is 0 Å². The molecule has 3 aromatic carbocycles. The minimum atomic E-state index is -0.442. The summed E-state index contributed by atoms with van der Waals surface area (Å²) >= 11 is 0. The second kappa shape index (κ2) is 9.60. The Labute approximate surface area is 189 Å². The second-order valence-electron chi connectivity index (χ2n) is 8.84. The Balaban J connectivity index is 1.89. The van der Waals surface area contributed by atoms with Gasteiger partial charge >= 0.3 is 0 Å². The van der Waals surface area contributed by atoms with Gasteiger partial charge in [-0.05, 0) is 40.7 Å². The van der Waals surface area contributed by atoms with Crippen LogP contribution in [-0.4, -0.2) is 10.8 Å². The highest BCUT2D eigenvalue weighted by Crippen LogP contribution is 2.25. The first-order valence-electron chi connectivity index (χ1n) is 10.6. The highest BCUT2D eigenvalue weighted by atomic mass is 16.6. The number of nitrogens with one attached hydrogen (secondary N) is 1. The Morgan fingerprint density at radius 3 is 2.22 bits per heavy atom. The van der Waals surface area contributed by atoms with Crippen LogP contribution < -0.4 is 5.32 Å². The van der Waals surface area contributed by atoms with Crippen molar-refractivity contribution in [2.45, 2.75) is 39.2 Å². The van der Waals surface area contributed by atoms with Gasteiger partial charge in [0.1, 0.15) is 0 Å². The predicted molar refractivity (Wildman–Crippen MR) is 129 cm³/mol. The number of hydrogen-bond acceptors (Lipinski definition) is 3. The Kier molecular flexibility index (Phi) is 6.89. The van der Waals surface area contributed by atoms with Gasteiger partial charge in [-0.15, -0.1) is 0 Å². The van der Waals surface area contributed by atoms with Crippen molar-refractivity contribution >= 4 is 23.2 Å². The van der Waals surface area contributed by atoms with E-state index in [1.54, 1.807) is 18.2 Å². The number of rotatable bonds is 6. The SMILES string of the molecule is C[C@H](NC(=O)/C(=C/c1cccc([N+](=O)[O-])c1)c1ccccc1)c1ccc(C(C)(C)C)cc1. The van der Waals surface area contributed by atoms with E-state index >= 15 is 0 Å². The number of amides is 1. The van der Waals surface area contributed by atoms with Crippen LogP contribution in [0.25, 0.3) is 11.6 Å². The van der Waals surface area contributed by atoms with Crippen molar-refractivity contribution in [2.75, 3.05) is 0 Å². The first-order chi connectivity index (χ1) is 15.1. The van der Waals surface area contributed by atoms with Crippen molar-refractivity contribution in [3.63, 3.8) is 0 Å². The Morgan fingerprint density at radius 1 is 0.969 bits per heavy atom. The van der Waals surface area contributed by atoms with Crippen molar-refractivity contribution < 1.29 is 9.72 Å². The van der Waals surface area contributed by atoms with Crippen LogP contribution in [0.2, 0.25) is 0 Å². The summed E-state index contributed by atoms with van der Waals surface area (Å²) in [4.78, 5) is 24.0. The molecule has 0 aliphatic heterocycles. The summed E-state index contributed by atoms with van der Waals surface area (Å²) in [5.74, 6) is -0.241. The maximum atomic E-state index is 13.3. The molecule has 0 bridgehead atoms. The number of carbonyl (C=O) groups excluding carboxylic acids is 1. The van der Waals surface area contributed by atoms with Gasteiger partial charge in [0.05, 0.1) is 11.0 Å². The summed E-state index contributed by atoms with van der Waals surface area (Å²) in [6.07, 6.45) is 1.69. The zero-order chi connectivity index (χ0) is 23.3. The molecule has 3 aromatic rings. The molecule has 32 heavy (non-hydrogen) atoms. The van der Waals surface area contributed by atoms with Crippen LogP contribution in [0.1, 0.15) is 56.0 Å². The fourth-order valence-corrected chi connectivity index (χ4v) is 3.42. The molecule has 0 aliphatic carbocycles. The van der Waals surface area contributed by atoms with Crippen LogP contribution in [0.15, 0.2) is 78.9 Å². The zero-order valence-electron chi connectivity index (χ0n) is 18.8. The maximum Gasteiger partial charge on any atom is 0.270 e. The molecule has 1 amide bonds. The Hall–Kier alpha value is -3.73. The van der Waals surface area contributed by atoms with Crippen LogP contribution in [0.3, 0.4) is 0 Å². The molecule has 0 fully saturated rings. The molecular formula is C27H28N2O3. The predicted octanol–water partition coefficient (Wildman–Crippen LogP) is 6.31. The Morgan fingerprint density at radius 2 is 1.62 bits per heavy atom. The summed E-state index contributed by atoms with van der Waals surface area (Å²) in [5.41, 5.74) is 4.07. The molecule has 5 nitrogen and oxygen atoms in total. The fourth-order valence-electron chi connectivity index (χ4n) is 3.42. The molecule has 0 saturated carbocycles. The molecule has 0 spiro atoms. The van der Waals surface area contributed by atoms with Crippen molar-refractivity contribution in [1.29, 1.82) is 0 Å². The normalized spacial score (nSPS) is 12.8. The van der Waals surface area contributed by atoms with Crippen LogP contribution >= 0.6 is 0 Å². The van der Waals surface area contributed by atoms with Crippen molar-refractivity contribution in [1.82, 2.24) is 5.32 Å². The van der Waals surface area contributed by atoms with E-state index in [9.17, 15) is 14.9 Å². The third-order valence-corrected chi connectivity index (χ3v) is 5.35. The molecular weight excluding hydrogens is 400 g/mol. The van der Waals surface area contributed by atoms with E-state index in [4.69, 9.17) is 0 Å². The van der Waals surface area contributed by atoms with Gasteiger partial charge in [-0.25, -0.2) is 0 Å². The summed E-state index contributed by atoms with van der Waals surface area (Å²) in [5, 5.41) is 14.2. The van der Waals surface area contributed by atoms with Crippen LogP contribution in [0.4, 0.5) is 5.69 Å². The summed E-state index contributed by atoms with van der Waals surface area (Å²) < 4.78 is 0. The highest BCUT2D eigenvalue weighted by Gasteiger charge is 2.18. The summed E-state index contributed by atoms with van der Waals surface area (Å²) in [6.45, 7) is 8.44. The van der Waals surface area contributed by atoms with Gasteiger partial charge in [-0.2, -0.15) is 0 Å². The molecule has 0 radical (unpaired) electrons. The largest absolute Gasteiger partial charge is 0.345 e. The summed E-state index contributed by atoms with van der Waals surface area (Å²) in [7, 11) is 0. The molecule has 0 heterocycles. The van der Waals surface area contributed by atoms with E-state index in [2.05, 4.69) is 38.2 Å². The van der Waals surface area contributed by atoms with Crippen LogP contribution in [0, 0.1) is 10.1 Å². The second-order valence-corrected chi connectivity index (χ2v) is 8.84. The fraction of sp³-hybridized carbons (Fsp3) is 0.222. The Bertz CT molecular complexity index is 1130. The molecule has 1 N–H and O–H groups in total. The van der Waals surface area contributed by atoms with Gasteiger partial charge in [0.2, 0.25) is 0 Å². The average molecular weight is 429 g/mol. The number of non-ortho nitro benzene ring substituents is 1. The van der Waals surface area contributed by atoms with Gasteiger partial charge < -0.3 is 5.32 Å². The minimum absolute atomic E-state index is 0.0149. The highest BCUT2D eigenvalue weighted by molar-refractivity contribution is 6.24. The van der Waals surface area contributed by atoms with Gasteiger partial charge in [-0.1, -0.05) is 87.5 Å². The quantitative estimate of drug-likeness (QED) is 0.216. The number of benzene rings is 3. The zero-order valence-corrected chi connectivity index (χ0v) is 18.8. The first-order valence-corrected chi connectivity index (χ1v) is 10.6.